The van der Waals surface area contributed by atoms with Gasteiger partial charge in [-0.25, -0.2) is 0 Å². The molecular formula is C11H21N3OS. The molecule has 92 valence electrons. The number of rotatable bonds is 7. The van der Waals surface area contributed by atoms with E-state index in [0.29, 0.717) is 17.5 Å². The number of nitrogens with zero attached hydrogens (tertiary/aromatic N) is 1. The molecule has 1 amide bonds. The van der Waals surface area contributed by atoms with Crippen LogP contribution < -0.4 is 11.1 Å². The van der Waals surface area contributed by atoms with Crippen LogP contribution in [-0.4, -0.2) is 42.0 Å². The zero-order valence-corrected chi connectivity index (χ0v) is 10.8. The molecule has 1 atom stereocenters. The highest BCUT2D eigenvalue weighted by molar-refractivity contribution is 7.80. The first-order valence-corrected chi connectivity index (χ1v) is 6.17. The highest BCUT2D eigenvalue weighted by atomic mass is 32.1. The van der Waals surface area contributed by atoms with Gasteiger partial charge < -0.3 is 16.0 Å². The average Bonchev–Trinajstić information content (AvgIpc) is 2.98. The molecule has 0 saturated heterocycles. The van der Waals surface area contributed by atoms with Crippen molar-refractivity contribution in [3.05, 3.63) is 0 Å². The predicted octanol–water partition coefficient (Wildman–Crippen LogP) is 0.509. The van der Waals surface area contributed by atoms with E-state index in [1.54, 1.807) is 0 Å². The third-order valence-corrected chi connectivity index (χ3v) is 3.14. The summed E-state index contributed by atoms with van der Waals surface area (Å²) in [5, 5.41) is 2.97. The summed E-state index contributed by atoms with van der Waals surface area (Å²) in [4.78, 5) is 14.1. The van der Waals surface area contributed by atoms with Crippen molar-refractivity contribution in [2.75, 3.05) is 20.1 Å². The van der Waals surface area contributed by atoms with Crippen molar-refractivity contribution >= 4 is 23.1 Å². The largest absolute Gasteiger partial charge is 0.393 e. The topological polar surface area (TPSA) is 58.4 Å². The molecule has 1 aliphatic rings. The number of nitrogens with one attached hydrogen (secondary N) is 1. The van der Waals surface area contributed by atoms with Gasteiger partial charge in [-0.2, -0.15) is 0 Å². The van der Waals surface area contributed by atoms with Gasteiger partial charge >= 0.3 is 0 Å². The fourth-order valence-corrected chi connectivity index (χ4v) is 1.54. The van der Waals surface area contributed by atoms with Gasteiger partial charge in [-0.15, -0.1) is 0 Å². The van der Waals surface area contributed by atoms with E-state index >= 15 is 0 Å². The number of hydrogen-bond acceptors (Lipinski definition) is 3. The van der Waals surface area contributed by atoms with Crippen molar-refractivity contribution in [3.63, 3.8) is 0 Å². The zero-order chi connectivity index (χ0) is 12.1. The van der Waals surface area contributed by atoms with Crippen LogP contribution in [0.4, 0.5) is 0 Å². The molecule has 4 nitrogen and oxygen atoms in total. The molecule has 1 aliphatic carbocycles. The number of thiocarbonyl (C=S) groups is 1. The van der Waals surface area contributed by atoms with Crippen LogP contribution in [0.1, 0.15) is 26.2 Å². The Morgan fingerprint density at radius 2 is 2.25 bits per heavy atom. The van der Waals surface area contributed by atoms with Crippen LogP contribution in [-0.2, 0) is 4.79 Å². The first kappa shape index (κ1) is 13.4. The highest BCUT2D eigenvalue weighted by Gasteiger charge is 2.23. The van der Waals surface area contributed by atoms with Gasteiger partial charge in [0.1, 0.15) is 0 Å². The lowest BCUT2D eigenvalue weighted by atomic mass is 10.1. The molecule has 5 heteroatoms. The highest BCUT2D eigenvalue weighted by Crippen LogP contribution is 2.18. The van der Waals surface area contributed by atoms with Crippen molar-refractivity contribution in [3.8, 4) is 0 Å². The Bertz CT molecular complexity index is 266. The van der Waals surface area contributed by atoms with Gasteiger partial charge in [0.05, 0.1) is 4.99 Å². The Hall–Kier alpha value is -0.680. The summed E-state index contributed by atoms with van der Waals surface area (Å²) in [6.07, 6.45) is 2.83. The van der Waals surface area contributed by atoms with Gasteiger partial charge in [-0.3, -0.25) is 4.79 Å². The lowest BCUT2D eigenvalue weighted by molar-refractivity contribution is -0.121. The van der Waals surface area contributed by atoms with E-state index < -0.39 is 0 Å². The van der Waals surface area contributed by atoms with Crippen LogP contribution in [0, 0.1) is 5.92 Å². The molecule has 0 aliphatic heterocycles. The van der Waals surface area contributed by atoms with Gasteiger partial charge in [0.2, 0.25) is 5.91 Å². The van der Waals surface area contributed by atoms with Crippen LogP contribution in [0.2, 0.25) is 0 Å². The first-order valence-electron chi connectivity index (χ1n) is 5.76. The van der Waals surface area contributed by atoms with Crippen molar-refractivity contribution in [2.24, 2.45) is 11.7 Å². The summed E-state index contributed by atoms with van der Waals surface area (Å²) in [5.41, 5.74) is 5.54. The minimum absolute atomic E-state index is 0.150. The average molecular weight is 243 g/mol. The molecule has 1 rings (SSSR count). The predicted molar refractivity (Wildman–Crippen MR) is 69.2 cm³/mol. The molecule has 0 aromatic carbocycles. The second-order valence-electron chi connectivity index (χ2n) is 4.66. The standard InChI is InChI=1S/C11H21N3OS/c1-8(11(12)16)7-14(2)6-5-10(15)13-9-3-4-9/h8-9H,3-7H2,1-2H3,(H2,12,16)(H,13,15). The van der Waals surface area contributed by atoms with E-state index in [1.807, 2.05) is 14.0 Å². The summed E-state index contributed by atoms with van der Waals surface area (Å²) in [6, 6.07) is 0.452. The van der Waals surface area contributed by atoms with Crippen molar-refractivity contribution in [2.45, 2.75) is 32.2 Å². The minimum Gasteiger partial charge on any atom is -0.393 e. The summed E-state index contributed by atoms with van der Waals surface area (Å²) in [5.74, 6) is 0.351. The number of amides is 1. The number of carbonyl (C=O) groups is 1. The molecule has 1 saturated carbocycles. The Morgan fingerprint density at radius 1 is 1.62 bits per heavy atom. The van der Waals surface area contributed by atoms with E-state index in [-0.39, 0.29) is 11.8 Å². The molecular weight excluding hydrogens is 222 g/mol. The van der Waals surface area contributed by atoms with E-state index in [9.17, 15) is 4.79 Å². The zero-order valence-electron chi connectivity index (χ0n) is 10.0. The lowest BCUT2D eigenvalue weighted by Crippen LogP contribution is -2.34. The van der Waals surface area contributed by atoms with Crippen LogP contribution in [0.5, 0.6) is 0 Å². The molecule has 1 fully saturated rings. The Morgan fingerprint density at radius 3 is 2.75 bits per heavy atom. The molecule has 0 aromatic rings. The van der Waals surface area contributed by atoms with E-state index in [0.717, 1.165) is 25.9 Å². The Balaban J connectivity index is 2.10. The van der Waals surface area contributed by atoms with Crippen LogP contribution in [0.25, 0.3) is 0 Å². The van der Waals surface area contributed by atoms with Gasteiger partial charge in [-0.05, 0) is 19.9 Å². The molecule has 0 heterocycles. The van der Waals surface area contributed by atoms with Gasteiger partial charge in [0.15, 0.2) is 0 Å². The van der Waals surface area contributed by atoms with Gasteiger partial charge in [-0.1, -0.05) is 19.1 Å². The normalized spacial score (nSPS) is 17.2. The molecule has 0 radical (unpaired) electrons. The fourth-order valence-electron chi connectivity index (χ4n) is 1.47. The summed E-state index contributed by atoms with van der Waals surface area (Å²) < 4.78 is 0. The molecule has 0 bridgehead atoms. The summed E-state index contributed by atoms with van der Waals surface area (Å²) in [7, 11) is 1.99. The SMILES string of the molecule is CC(CN(C)CCC(=O)NC1CC1)C(N)=S. The minimum atomic E-state index is 0.150. The second-order valence-corrected chi connectivity index (χ2v) is 5.13. The van der Waals surface area contributed by atoms with Gasteiger partial charge in [0, 0.05) is 31.5 Å². The van der Waals surface area contributed by atoms with Crippen LogP contribution in [0.3, 0.4) is 0 Å². The maximum Gasteiger partial charge on any atom is 0.221 e. The summed E-state index contributed by atoms with van der Waals surface area (Å²) >= 11 is 4.91. The van der Waals surface area contributed by atoms with E-state index in [1.165, 1.54) is 0 Å². The Kier molecular flexibility index (Phi) is 5.15. The monoisotopic (exact) mass is 243 g/mol. The molecule has 0 aromatic heterocycles. The van der Waals surface area contributed by atoms with Crippen molar-refractivity contribution < 1.29 is 4.79 Å². The quantitative estimate of drug-likeness (QED) is 0.640. The van der Waals surface area contributed by atoms with Crippen molar-refractivity contribution in [1.29, 1.82) is 0 Å². The smallest absolute Gasteiger partial charge is 0.221 e. The maximum atomic E-state index is 11.4. The van der Waals surface area contributed by atoms with Gasteiger partial charge in [0.25, 0.3) is 0 Å². The third kappa shape index (κ3) is 5.42. The number of carbonyl (C=O) groups excluding carboxylic acids is 1. The van der Waals surface area contributed by atoms with E-state index in [2.05, 4.69) is 10.2 Å². The first-order chi connectivity index (χ1) is 7.49. The third-order valence-electron chi connectivity index (χ3n) is 2.73. The molecule has 0 spiro atoms. The Labute approximate surface area is 103 Å². The maximum absolute atomic E-state index is 11.4. The van der Waals surface area contributed by atoms with Crippen molar-refractivity contribution in [1.82, 2.24) is 10.2 Å². The fraction of sp³-hybridized carbons (Fsp3) is 0.818. The molecule has 1 unspecified atom stereocenters. The molecule has 3 N–H and O–H groups in total. The second kappa shape index (κ2) is 6.15. The molecule has 16 heavy (non-hydrogen) atoms. The van der Waals surface area contributed by atoms with E-state index in [4.69, 9.17) is 18.0 Å². The van der Waals surface area contributed by atoms with Crippen LogP contribution >= 0.6 is 12.2 Å². The van der Waals surface area contributed by atoms with Crippen LogP contribution in [0.15, 0.2) is 0 Å². The lowest BCUT2D eigenvalue weighted by Gasteiger charge is -2.20. The number of hydrogen-bond donors (Lipinski definition) is 2. The number of nitrogens with two attached hydrogens (primary N) is 1. The summed E-state index contributed by atoms with van der Waals surface area (Å²) in [6.45, 7) is 3.57.